The molecule has 0 bridgehead atoms. The first-order valence-corrected chi connectivity index (χ1v) is 10.1. The van der Waals surface area contributed by atoms with E-state index in [1.165, 1.54) is 10.6 Å². The molecule has 1 atom stereocenters. The summed E-state index contributed by atoms with van der Waals surface area (Å²) in [4.78, 5) is 23.2. The Morgan fingerprint density at radius 1 is 1.31 bits per heavy atom. The van der Waals surface area contributed by atoms with E-state index in [0.717, 1.165) is 6.42 Å². The molecule has 2 rings (SSSR count). The lowest BCUT2D eigenvalue weighted by Gasteiger charge is -2.31. The molecule has 8 nitrogen and oxygen atoms in total. The Bertz CT molecular complexity index is 782. The smallest absolute Gasteiger partial charge is 0.341 e. The molecule has 1 aliphatic heterocycles. The lowest BCUT2D eigenvalue weighted by Crippen LogP contribution is -2.49. The van der Waals surface area contributed by atoms with Gasteiger partial charge in [-0.2, -0.15) is 0 Å². The van der Waals surface area contributed by atoms with Crippen LogP contribution in [0.1, 0.15) is 34.3 Å². The van der Waals surface area contributed by atoms with E-state index in [0.29, 0.717) is 35.4 Å². The van der Waals surface area contributed by atoms with Gasteiger partial charge < -0.3 is 15.2 Å². The fourth-order valence-electron chi connectivity index (χ4n) is 3.07. The molecule has 1 aliphatic rings. The van der Waals surface area contributed by atoms with Gasteiger partial charge in [-0.1, -0.05) is 0 Å². The van der Waals surface area contributed by atoms with Gasteiger partial charge in [0.1, 0.15) is 5.75 Å². The highest BCUT2D eigenvalue weighted by atomic mass is 32.2. The lowest BCUT2D eigenvalue weighted by molar-refractivity contribution is -0.139. The first kappa shape index (κ1) is 20.2. The van der Waals surface area contributed by atoms with E-state index in [-0.39, 0.29) is 18.5 Å². The number of sulfonamides is 1. The SMILES string of the molecule is Cc1cc(C(=O)NC2CCCN(S(C)(=O)=O)C2)cc(C)c1OCC(=O)O. The van der Waals surface area contributed by atoms with Crippen LogP contribution in [0.4, 0.5) is 0 Å². The molecule has 1 unspecified atom stereocenters. The number of carbonyl (C=O) groups excluding carboxylic acids is 1. The number of nitrogens with one attached hydrogen (secondary N) is 1. The largest absolute Gasteiger partial charge is 0.481 e. The maximum absolute atomic E-state index is 12.5. The molecule has 1 aromatic rings. The van der Waals surface area contributed by atoms with Crippen molar-refractivity contribution in [3.05, 3.63) is 28.8 Å². The number of aryl methyl sites for hydroxylation is 2. The minimum atomic E-state index is -3.27. The quantitative estimate of drug-likeness (QED) is 0.754. The summed E-state index contributed by atoms with van der Waals surface area (Å²) in [7, 11) is -3.27. The molecule has 1 heterocycles. The topological polar surface area (TPSA) is 113 Å². The van der Waals surface area contributed by atoms with E-state index < -0.39 is 22.6 Å². The molecule has 0 aliphatic carbocycles. The summed E-state index contributed by atoms with van der Waals surface area (Å²) in [5.41, 5.74) is 1.76. The van der Waals surface area contributed by atoms with Gasteiger partial charge in [-0.15, -0.1) is 0 Å². The minimum Gasteiger partial charge on any atom is -0.481 e. The number of nitrogens with zero attached hydrogens (tertiary/aromatic N) is 1. The summed E-state index contributed by atoms with van der Waals surface area (Å²) in [6, 6.07) is 3.03. The van der Waals surface area contributed by atoms with Crippen LogP contribution in [0.5, 0.6) is 5.75 Å². The number of ether oxygens (including phenoxy) is 1. The highest BCUT2D eigenvalue weighted by Crippen LogP contribution is 2.25. The van der Waals surface area contributed by atoms with Gasteiger partial charge in [0, 0.05) is 24.7 Å². The highest BCUT2D eigenvalue weighted by molar-refractivity contribution is 7.88. The molecule has 0 aromatic heterocycles. The number of carboxylic acids is 1. The molecule has 1 fully saturated rings. The van der Waals surface area contributed by atoms with Gasteiger partial charge in [0.2, 0.25) is 10.0 Å². The van der Waals surface area contributed by atoms with E-state index in [2.05, 4.69) is 5.32 Å². The van der Waals surface area contributed by atoms with E-state index in [1.54, 1.807) is 26.0 Å². The summed E-state index contributed by atoms with van der Waals surface area (Å²) in [5, 5.41) is 11.6. The number of benzene rings is 1. The van der Waals surface area contributed by atoms with Crippen molar-refractivity contribution in [2.24, 2.45) is 0 Å². The van der Waals surface area contributed by atoms with Gasteiger partial charge in [0.15, 0.2) is 6.61 Å². The Balaban J connectivity index is 2.09. The van der Waals surface area contributed by atoms with Crippen molar-refractivity contribution < 1.29 is 27.9 Å². The van der Waals surface area contributed by atoms with Gasteiger partial charge in [0.05, 0.1) is 6.26 Å². The van der Waals surface area contributed by atoms with E-state index >= 15 is 0 Å². The van der Waals surface area contributed by atoms with Crippen LogP contribution >= 0.6 is 0 Å². The van der Waals surface area contributed by atoms with Gasteiger partial charge in [-0.3, -0.25) is 4.79 Å². The predicted octanol–water partition coefficient (Wildman–Crippen LogP) is 0.921. The van der Waals surface area contributed by atoms with Crippen LogP contribution in [0.3, 0.4) is 0 Å². The van der Waals surface area contributed by atoms with Crippen LogP contribution < -0.4 is 10.1 Å². The Hall–Kier alpha value is -2.13. The summed E-state index contributed by atoms with van der Waals surface area (Å²) in [6.45, 7) is 3.78. The standard InChI is InChI=1S/C17H24N2O6S/c1-11-7-13(8-12(2)16(11)25-10-15(20)21)17(22)18-14-5-4-6-19(9-14)26(3,23)24/h7-8,14H,4-6,9-10H2,1-3H3,(H,18,22)(H,20,21). The Labute approximate surface area is 153 Å². The van der Waals surface area contributed by atoms with Gasteiger partial charge in [0.25, 0.3) is 5.91 Å². The van der Waals surface area contributed by atoms with Crippen molar-refractivity contribution in [3.8, 4) is 5.75 Å². The third-order valence-corrected chi connectivity index (χ3v) is 5.52. The molecule has 1 amide bonds. The molecule has 1 aromatic carbocycles. The zero-order valence-electron chi connectivity index (χ0n) is 15.1. The number of carbonyl (C=O) groups is 2. The van der Waals surface area contributed by atoms with Crippen molar-refractivity contribution in [1.29, 1.82) is 0 Å². The second-order valence-electron chi connectivity index (χ2n) is 6.56. The first-order valence-electron chi connectivity index (χ1n) is 8.29. The minimum absolute atomic E-state index is 0.241. The average Bonchev–Trinajstić information content (AvgIpc) is 2.53. The summed E-state index contributed by atoms with van der Waals surface area (Å²) < 4.78 is 30.0. The lowest BCUT2D eigenvalue weighted by atomic mass is 10.0. The van der Waals surface area contributed by atoms with Crippen molar-refractivity contribution in [2.45, 2.75) is 32.7 Å². The zero-order valence-corrected chi connectivity index (χ0v) is 15.9. The number of piperidine rings is 1. The third kappa shape index (κ3) is 5.18. The molecular formula is C17H24N2O6S. The molecule has 0 spiro atoms. The second-order valence-corrected chi connectivity index (χ2v) is 8.54. The molecule has 0 radical (unpaired) electrons. The molecule has 0 saturated carbocycles. The van der Waals surface area contributed by atoms with Crippen molar-refractivity contribution >= 4 is 21.9 Å². The monoisotopic (exact) mass is 384 g/mol. The third-order valence-electron chi connectivity index (χ3n) is 4.25. The summed E-state index contributed by atoms with van der Waals surface area (Å²) in [5.74, 6) is -0.912. The Kier molecular flexibility index (Phi) is 6.25. The zero-order chi connectivity index (χ0) is 19.5. The molecule has 9 heteroatoms. The molecule has 26 heavy (non-hydrogen) atoms. The number of amides is 1. The highest BCUT2D eigenvalue weighted by Gasteiger charge is 2.27. The summed E-state index contributed by atoms with van der Waals surface area (Å²) >= 11 is 0. The van der Waals surface area contributed by atoms with Gasteiger partial charge in [-0.25, -0.2) is 17.5 Å². The van der Waals surface area contributed by atoms with E-state index in [1.807, 2.05) is 0 Å². The van der Waals surface area contributed by atoms with Gasteiger partial charge >= 0.3 is 5.97 Å². The summed E-state index contributed by atoms with van der Waals surface area (Å²) in [6.07, 6.45) is 2.58. The predicted molar refractivity (Wildman–Crippen MR) is 96.0 cm³/mol. The van der Waals surface area contributed by atoms with E-state index in [4.69, 9.17) is 9.84 Å². The maximum atomic E-state index is 12.5. The average molecular weight is 384 g/mol. The number of hydrogen-bond acceptors (Lipinski definition) is 5. The fraction of sp³-hybridized carbons (Fsp3) is 0.529. The Morgan fingerprint density at radius 2 is 1.92 bits per heavy atom. The van der Waals surface area contributed by atoms with Gasteiger partial charge in [-0.05, 0) is 49.9 Å². The fourth-order valence-corrected chi connectivity index (χ4v) is 3.98. The number of rotatable bonds is 6. The van der Waals surface area contributed by atoms with Crippen molar-refractivity contribution in [1.82, 2.24) is 9.62 Å². The van der Waals surface area contributed by atoms with Crippen LogP contribution in [-0.2, 0) is 14.8 Å². The molecular weight excluding hydrogens is 360 g/mol. The maximum Gasteiger partial charge on any atom is 0.341 e. The first-order chi connectivity index (χ1) is 12.1. The van der Waals surface area contributed by atoms with Crippen LogP contribution in [0, 0.1) is 13.8 Å². The molecule has 2 N–H and O–H groups in total. The van der Waals surface area contributed by atoms with E-state index in [9.17, 15) is 18.0 Å². The van der Waals surface area contributed by atoms with Crippen LogP contribution in [0.15, 0.2) is 12.1 Å². The Morgan fingerprint density at radius 3 is 2.46 bits per heavy atom. The molecule has 144 valence electrons. The van der Waals surface area contributed by atoms with Crippen LogP contribution in [0.25, 0.3) is 0 Å². The number of carboxylic acid groups (broad SMARTS) is 1. The number of hydrogen-bond donors (Lipinski definition) is 2. The van der Waals surface area contributed by atoms with Crippen LogP contribution in [-0.4, -0.2) is 61.7 Å². The normalized spacial score (nSPS) is 18.3. The second kappa shape index (κ2) is 8.05. The van der Waals surface area contributed by atoms with Crippen molar-refractivity contribution in [3.63, 3.8) is 0 Å². The number of aliphatic carboxylic acids is 1. The molecule has 1 saturated heterocycles. The van der Waals surface area contributed by atoms with Crippen molar-refractivity contribution in [2.75, 3.05) is 26.0 Å². The van der Waals surface area contributed by atoms with Crippen LogP contribution in [0.2, 0.25) is 0 Å².